The number of fused-ring (bicyclic) bond motifs is 1. The second kappa shape index (κ2) is 14.3. The molecule has 5 rings (SSSR count). The van der Waals surface area contributed by atoms with Gasteiger partial charge in [-0.2, -0.15) is 0 Å². The van der Waals surface area contributed by atoms with Gasteiger partial charge in [0.1, 0.15) is 5.82 Å². The van der Waals surface area contributed by atoms with Gasteiger partial charge in [0, 0.05) is 57.4 Å². The van der Waals surface area contributed by atoms with E-state index in [4.69, 9.17) is 15.5 Å². The van der Waals surface area contributed by atoms with Crippen molar-refractivity contribution in [3.63, 3.8) is 0 Å². The minimum Gasteiger partial charge on any atom is -0.453 e. The molecule has 2 amide bonds. The topological polar surface area (TPSA) is 112 Å². The number of piperidine rings is 1. The number of para-hydroxylation sites is 2. The molecule has 1 saturated heterocycles. The second-order valence-corrected chi connectivity index (χ2v) is 11.2. The fourth-order valence-electron chi connectivity index (χ4n) is 5.90. The highest BCUT2D eigenvalue weighted by atomic mass is 16.5. The molecule has 43 heavy (non-hydrogen) atoms. The van der Waals surface area contributed by atoms with Crippen LogP contribution in [0.25, 0.3) is 22.2 Å². The number of hydrogen-bond donors (Lipinski definition) is 2. The lowest BCUT2D eigenvalue weighted by molar-refractivity contribution is -0.132. The molecule has 1 aliphatic rings. The summed E-state index contributed by atoms with van der Waals surface area (Å²) in [6.45, 7) is 2.97. The number of carbonyl (C=O) groups is 2. The van der Waals surface area contributed by atoms with Crippen molar-refractivity contribution in [1.82, 2.24) is 14.5 Å². The van der Waals surface area contributed by atoms with Crippen LogP contribution in [0.15, 0.2) is 72.8 Å². The predicted molar refractivity (Wildman–Crippen MR) is 169 cm³/mol. The number of nitrogens with zero attached hydrogens (tertiary/aromatic N) is 3. The molecule has 2 heterocycles. The zero-order chi connectivity index (χ0) is 30.2. The van der Waals surface area contributed by atoms with Crippen LogP contribution in [0.5, 0.6) is 0 Å². The lowest BCUT2D eigenvalue weighted by Gasteiger charge is -2.33. The van der Waals surface area contributed by atoms with Crippen LogP contribution in [0.4, 0.5) is 10.5 Å². The van der Waals surface area contributed by atoms with Crippen LogP contribution in [0.2, 0.25) is 0 Å². The summed E-state index contributed by atoms with van der Waals surface area (Å²) < 4.78 is 12.2. The summed E-state index contributed by atoms with van der Waals surface area (Å²) in [5.74, 6) is 1.37. The molecule has 3 aromatic carbocycles. The van der Waals surface area contributed by atoms with E-state index in [-0.39, 0.29) is 17.9 Å². The quantitative estimate of drug-likeness (QED) is 0.223. The van der Waals surface area contributed by atoms with Crippen molar-refractivity contribution < 1.29 is 19.1 Å². The largest absolute Gasteiger partial charge is 0.453 e. The van der Waals surface area contributed by atoms with E-state index in [1.807, 2.05) is 35.2 Å². The monoisotopic (exact) mass is 583 g/mol. The Morgan fingerprint density at radius 1 is 1.02 bits per heavy atom. The van der Waals surface area contributed by atoms with Gasteiger partial charge in [0.15, 0.2) is 0 Å². The summed E-state index contributed by atoms with van der Waals surface area (Å²) in [4.78, 5) is 31.8. The molecular weight excluding hydrogens is 542 g/mol. The number of carbonyl (C=O) groups excluding carboxylic acids is 2. The smallest absolute Gasteiger partial charge is 0.411 e. The van der Waals surface area contributed by atoms with Crippen molar-refractivity contribution in [2.75, 3.05) is 39.2 Å². The SMILES string of the molecule is COCCCn1c(C2CCCN(C(=O)CC(N)Cc3ccc(-c4ccc(NC(=O)OC)cc4)cc3)C2)nc2ccccc21. The summed E-state index contributed by atoms with van der Waals surface area (Å²) in [6, 6.07) is 23.8. The van der Waals surface area contributed by atoms with Crippen molar-refractivity contribution in [3.05, 3.63) is 84.2 Å². The van der Waals surface area contributed by atoms with Crippen LogP contribution in [-0.2, 0) is 27.2 Å². The Balaban J connectivity index is 1.17. The number of ether oxygens (including phenoxy) is 2. The molecule has 0 saturated carbocycles. The molecule has 0 spiro atoms. The maximum absolute atomic E-state index is 13.4. The van der Waals surface area contributed by atoms with Crippen LogP contribution in [0.1, 0.15) is 43.0 Å². The van der Waals surface area contributed by atoms with Crippen LogP contribution < -0.4 is 11.1 Å². The standard InChI is InChI=1S/C34H41N5O4/c1-42-20-6-19-39-31-9-4-3-8-30(31)37-33(39)27-7-5-18-38(23-27)32(40)22-28(35)21-24-10-12-25(13-11-24)26-14-16-29(17-15-26)36-34(41)43-2/h3-4,8-17,27-28H,5-7,18-23,35H2,1-2H3,(H,36,41). The predicted octanol–water partition coefficient (Wildman–Crippen LogP) is 5.58. The molecule has 2 atom stereocenters. The van der Waals surface area contributed by atoms with Gasteiger partial charge in [0.2, 0.25) is 5.91 Å². The molecule has 1 aromatic heterocycles. The maximum Gasteiger partial charge on any atom is 0.411 e. The van der Waals surface area contributed by atoms with Gasteiger partial charge in [-0.05, 0) is 66.6 Å². The summed E-state index contributed by atoms with van der Waals surface area (Å²) >= 11 is 0. The first-order chi connectivity index (χ1) is 20.9. The van der Waals surface area contributed by atoms with Crippen molar-refractivity contribution in [2.45, 2.75) is 50.6 Å². The van der Waals surface area contributed by atoms with Crippen molar-refractivity contribution in [1.29, 1.82) is 0 Å². The van der Waals surface area contributed by atoms with E-state index >= 15 is 0 Å². The van der Waals surface area contributed by atoms with Crippen LogP contribution in [0.3, 0.4) is 0 Å². The van der Waals surface area contributed by atoms with E-state index in [0.717, 1.165) is 65.9 Å². The third-order valence-corrected chi connectivity index (χ3v) is 8.09. The van der Waals surface area contributed by atoms with Gasteiger partial charge in [-0.15, -0.1) is 0 Å². The summed E-state index contributed by atoms with van der Waals surface area (Å²) in [6.07, 6.45) is 3.32. The summed E-state index contributed by atoms with van der Waals surface area (Å²) in [5, 5.41) is 2.65. The first-order valence-corrected chi connectivity index (χ1v) is 15.0. The first-order valence-electron chi connectivity index (χ1n) is 15.0. The van der Waals surface area contributed by atoms with Crippen LogP contribution in [0, 0.1) is 0 Å². The third kappa shape index (κ3) is 7.60. The fourth-order valence-corrected chi connectivity index (χ4v) is 5.90. The zero-order valence-electron chi connectivity index (χ0n) is 25.0. The average Bonchev–Trinajstić information content (AvgIpc) is 3.40. The number of rotatable bonds is 11. The minimum atomic E-state index is -0.499. The van der Waals surface area contributed by atoms with Gasteiger partial charge in [-0.25, -0.2) is 9.78 Å². The number of likely N-dealkylation sites (tertiary alicyclic amines) is 1. The normalized spacial score (nSPS) is 15.8. The molecule has 226 valence electrons. The van der Waals surface area contributed by atoms with Crippen molar-refractivity contribution >= 4 is 28.7 Å². The lowest BCUT2D eigenvalue weighted by Crippen LogP contribution is -2.42. The number of nitrogens with one attached hydrogen (secondary N) is 1. The zero-order valence-corrected chi connectivity index (χ0v) is 25.0. The Bertz CT molecular complexity index is 1520. The van der Waals surface area contributed by atoms with E-state index < -0.39 is 6.09 Å². The average molecular weight is 584 g/mol. The number of imidazole rings is 1. The lowest BCUT2D eigenvalue weighted by atomic mass is 9.95. The molecule has 4 aromatic rings. The van der Waals surface area contributed by atoms with Gasteiger partial charge in [0.25, 0.3) is 0 Å². The Morgan fingerprint density at radius 2 is 1.74 bits per heavy atom. The number of benzene rings is 3. The van der Waals surface area contributed by atoms with E-state index in [9.17, 15) is 9.59 Å². The highest BCUT2D eigenvalue weighted by Crippen LogP contribution is 2.30. The number of aryl methyl sites for hydroxylation is 1. The minimum absolute atomic E-state index is 0.108. The van der Waals surface area contributed by atoms with Crippen LogP contribution >= 0.6 is 0 Å². The van der Waals surface area contributed by atoms with E-state index in [1.54, 1.807) is 7.11 Å². The number of hydrogen-bond acceptors (Lipinski definition) is 6. The first kappa shape index (κ1) is 30.3. The molecule has 0 aliphatic carbocycles. The molecule has 0 radical (unpaired) electrons. The summed E-state index contributed by atoms with van der Waals surface area (Å²) in [7, 11) is 3.06. The number of anilines is 1. The van der Waals surface area contributed by atoms with E-state index in [2.05, 4.69) is 57.1 Å². The Labute approximate surface area is 253 Å². The third-order valence-electron chi connectivity index (χ3n) is 8.09. The van der Waals surface area contributed by atoms with Gasteiger partial charge >= 0.3 is 6.09 Å². The Kier molecular flexibility index (Phi) is 10.1. The second-order valence-electron chi connectivity index (χ2n) is 11.2. The van der Waals surface area contributed by atoms with E-state index in [0.29, 0.717) is 31.7 Å². The number of amides is 2. The number of methoxy groups -OCH3 is 2. The molecular formula is C34H41N5O4. The van der Waals surface area contributed by atoms with Gasteiger partial charge < -0.3 is 24.7 Å². The Hall–Kier alpha value is -4.21. The summed E-state index contributed by atoms with van der Waals surface area (Å²) in [5.41, 5.74) is 12.5. The molecule has 3 N–H and O–H groups in total. The van der Waals surface area contributed by atoms with Gasteiger partial charge in [-0.3, -0.25) is 10.1 Å². The maximum atomic E-state index is 13.4. The van der Waals surface area contributed by atoms with Crippen molar-refractivity contribution in [2.24, 2.45) is 5.73 Å². The highest BCUT2D eigenvalue weighted by molar-refractivity contribution is 5.85. The fraction of sp³-hybridized carbons (Fsp3) is 0.382. The molecule has 9 heteroatoms. The molecule has 1 aliphatic heterocycles. The van der Waals surface area contributed by atoms with Gasteiger partial charge in [0.05, 0.1) is 18.1 Å². The molecule has 0 bridgehead atoms. The highest BCUT2D eigenvalue weighted by Gasteiger charge is 2.29. The van der Waals surface area contributed by atoms with Crippen molar-refractivity contribution in [3.8, 4) is 11.1 Å². The van der Waals surface area contributed by atoms with E-state index in [1.165, 1.54) is 7.11 Å². The molecule has 1 fully saturated rings. The van der Waals surface area contributed by atoms with Gasteiger partial charge in [-0.1, -0.05) is 48.5 Å². The number of nitrogens with two attached hydrogens (primary N) is 1. The molecule has 9 nitrogen and oxygen atoms in total. The number of aromatic nitrogens is 2. The molecule has 2 unspecified atom stereocenters. The Morgan fingerprint density at radius 3 is 2.47 bits per heavy atom. The van der Waals surface area contributed by atoms with Crippen LogP contribution in [-0.4, -0.2) is 66.4 Å².